The van der Waals surface area contributed by atoms with E-state index in [0.29, 0.717) is 0 Å². The highest BCUT2D eigenvalue weighted by atomic mass is 31.6. The highest BCUT2D eigenvalue weighted by Crippen LogP contribution is 2.55. The molecule has 0 amide bonds. The van der Waals surface area contributed by atoms with Crippen LogP contribution < -0.4 is 31.4 Å². The average molecular weight is 601 g/mol. The lowest BCUT2D eigenvalue weighted by atomic mass is 10.4. The van der Waals surface area contributed by atoms with Gasteiger partial charge in [-0.2, -0.15) is 0 Å². The summed E-state index contributed by atoms with van der Waals surface area (Å²) >= 11 is 0. The molecule has 0 spiro atoms. The van der Waals surface area contributed by atoms with Crippen molar-refractivity contribution in [1.82, 2.24) is 0 Å². The summed E-state index contributed by atoms with van der Waals surface area (Å²) in [5.41, 5.74) is 0. The monoisotopic (exact) mass is 600 g/mol. The third-order valence-corrected chi connectivity index (χ3v) is 61.7. The van der Waals surface area contributed by atoms with Gasteiger partial charge in [-0.1, -0.05) is 196 Å². The molecule has 0 aromatic heterocycles. The molecule has 4 heterocycles. The maximum absolute atomic E-state index is 2.66. The van der Waals surface area contributed by atoms with Crippen LogP contribution in [0.2, 0.25) is 52.4 Å². The van der Waals surface area contributed by atoms with Crippen molar-refractivity contribution in [3.63, 3.8) is 0 Å². The summed E-state index contributed by atoms with van der Waals surface area (Å²) in [6.07, 6.45) is 0. The van der Waals surface area contributed by atoms with E-state index in [1.54, 1.807) is 31.4 Å². The summed E-state index contributed by atoms with van der Waals surface area (Å²) in [7, 11) is -7.77. The molecule has 0 radical (unpaired) electrons. The summed E-state index contributed by atoms with van der Waals surface area (Å²) in [6.45, 7) is 21.3. The lowest BCUT2D eigenvalue weighted by molar-refractivity contribution is 1.72. The van der Waals surface area contributed by atoms with Crippen molar-refractivity contribution in [3.8, 4) is 0 Å². The van der Waals surface area contributed by atoms with E-state index in [9.17, 15) is 0 Å². The maximum Gasteiger partial charge on any atom is 0.108 e. The minimum atomic E-state index is -1.80. The highest BCUT2D eigenvalue weighted by molar-refractivity contribution is 8.25. The van der Waals surface area contributed by atoms with Gasteiger partial charge in [0, 0.05) is 0 Å². The van der Waals surface area contributed by atoms with Crippen molar-refractivity contribution in [2.75, 3.05) is 0 Å². The zero-order chi connectivity index (χ0) is 27.3. The fraction of sp³-hybridized carbons (Fsp3) is 0.250. The minimum absolute atomic E-state index is 0.289. The zero-order valence-electron chi connectivity index (χ0n) is 24.3. The largest absolute Gasteiger partial charge is 0.108 e. The van der Waals surface area contributed by atoms with E-state index in [1.807, 2.05) is 0 Å². The van der Waals surface area contributed by atoms with E-state index >= 15 is 0 Å². The molecular formula is C32H42P2Si4. The van der Waals surface area contributed by atoms with Gasteiger partial charge < -0.3 is 0 Å². The Morgan fingerprint density at radius 2 is 0.526 bits per heavy atom. The van der Waals surface area contributed by atoms with Crippen LogP contribution in [0.15, 0.2) is 109 Å². The van der Waals surface area contributed by atoms with Crippen LogP contribution in [-0.2, 0) is 0 Å². The van der Waals surface area contributed by atoms with Gasteiger partial charge in [-0.15, -0.1) is 0 Å². The van der Waals surface area contributed by atoms with E-state index in [1.165, 1.54) is 0 Å². The maximum atomic E-state index is 2.66. The Balaban J connectivity index is 1.80. The third kappa shape index (κ3) is 4.76. The van der Waals surface area contributed by atoms with Gasteiger partial charge >= 0.3 is 0 Å². The van der Waals surface area contributed by atoms with E-state index in [2.05, 4.69) is 162 Å². The van der Waals surface area contributed by atoms with Crippen molar-refractivity contribution < 1.29 is 0 Å². The van der Waals surface area contributed by atoms with Crippen LogP contribution in [-0.4, -0.2) is 31.0 Å². The first-order valence-corrected chi connectivity index (χ1v) is 31.9. The van der Waals surface area contributed by atoms with E-state index in [0.717, 1.165) is 0 Å². The van der Waals surface area contributed by atoms with Crippen LogP contribution in [0.1, 0.15) is 0 Å². The summed E-state index contributed by atoms with van der Waals surface area (Å²) in [5, 5.41) is 9.75. The molecule has 0 aliphatic carbocycles. The zero-order valence-corrected chi connectivity index (χ0v) is 30.1. The molecule has 4 aliphatic rings. The molecule has 4 aliphatic heterocycles. The van der Waals surface area contributed by atoms with Gasteiger partial charge in [0.15, 0.2) is 0 Å². The van der Waals surface area contributed by atoms with Crippen molar-refractivity contribution in [1.29, 1.82) is 0 Å². The van der Waals surface area contributed by atoms with Gasteiger partial charge in [0.2, 0.25) is 0 Å². The number of benzene rings is 4. The number of hydrogen-bond donors (Lipinski definition) is 0. The van der Waals surface area contributed by atoms with Crippen molar-refractivity contribution in [2.45, 2.75) is 52.4 Å². The van der Waals surface area contributed by atoms with Crippen molar-refractivity contribution >= 4 is 76.4 Å². The first-order valence-electron chi connectivity index (χ1n) is 13.8. The Bertz CT molecular complexity index is 1220. The Labute approximate surface area is 236 Å². The molecule has 0 saturated heterocycles. The smallest absolute Gasteiger partial charge is 0.0895 e. The van der Waals surface area contributed by atoms with Crippen LogP contribution >= 0.6 is 14.0 Å². The molecule has 4 aromatic rings. The van der Waals surface area contributed by atoms with Gasteiger partial charge in [-0.05, 0) is 10.6 Å². The summed E-state index contributed by atoms with van der Waals surface area (Å²) in [6, 6.07) is 43.7. The first kappa shape index (κ1) is 28.1. The fourth-order valence-electron chi connectivity index (χ4n) is 6.93. The molecule has 0 saturated carbocycles. The van der Waals surface area contributed by atoms with Crippen molar-refractivity contribution in [2.24, 2.45) is 0 Å². The second-order valence-corrected chi connectivity index (χ2v) is 51.4. The van der Waals surface area contributed by atoms with Gasteiger partial charge in [-0.3, -0.25) is 0 Å². The van der Waals surface area contributed by atoms with Gasteiger partial charge in [0.05, 0.1) is 0 Å². The van der Waals surface area contributed by atoms with Crippen LogP contribution in [0.3, 0.4) is 0 Å². The third-order valence-electron chi connectivity index (χ3n) is 8.86. The van der Waals surface area contributed by atoms with Crippen LogP contribution in [0, 0.1) is 0 Å². The molecule has 0 unspecified atom stereocenters. The normalized spacial score (nSPS) is 23.1. The topological polar surface area (TPSA) is 0 Å². The average Bonchev–Trinajstić information content (AvgIpc) is 2.89. The predicted molar refractivity (Wildman–Crippen MR) is 187 cm³/mol. The molecule has 0 nitrogen and oxygen atoms in total. The highest BCUT2D eigenvalue weighted by Gasteiger charge is 2.49. The Hall–Kier alpha value is -1.39. The SMILES string of the molecule is C[Si]1(C)c2ccc(cc2)[Si](C)(C)P(c2ccccc2)[Si](C)(C)c2ccc(cc2)[Si](C)(C)P1c1ccccc1. The molecule has 196 valence electrons. The lowest BCUT2D eigenvalue weighted by Gasteiger charge is -2.46. The molecule has 6 heteroatoms. The quantitative estimate of drug-likeness (QED) is 0.178. The molecule has 8 rings (SSSR count). The Morgan fingerprint density at radius 1 is 0.316 bits per heavy atom. The van der Waals surface area contributed by atoms with Crippen LogP contribution in [0.25, 0.3) is 0 Å². The fourth-order valence-corrected chi connectivity index (χ4v) is 70.8. The Kier molecular flexibility index (Phi) is 7.57. The summed E-state index contributed by atoms with van der Waals surface area (Å²) in [5.74, 6) is 0. The number of rotatable bonds is 2. The number of hydrogen-bond acceptors (Lipinski definition) is 0. The first-order chi connectivity index (χ1) is 17.9. The molecule has 0 atom stereocenters. The molecule has 0 fully saturated rings. The van der Waals surface area contributed by atoms with Gasteiger partial charge in [0.1, 0.15) is 31.0 Å². The second-order valence-electron chi connectivity index (χ2n) is 12.7. The molecule has 4 bridgehead atoms. The van der Waals surface area contributed by atoms with E-state index in [4.69, 9.17) is 0 Å². The van der Waals surface area contributed by atoms with Crippen molar-refractivity contribution in [3.05, 3.63) is 109 Å². The lowest BCUT2D eigenvalue weighted by Crippen LogP contribution is -2.57. The Morgan fingerprint density at radius 3 is 0.737 bits per heavy atom. The van der Waals surface area contributed by atoms with Gasteiger partial charge in [-0.25, -0.2) is 0 Å². The second kappa shape index (κ2) is 10.2. The minimum Gasteiger partial charge on any atom is -0.0895 e. The van der Waals surface area contributed by atoms with Crippen LogP contribution in [0.5, 0.6) is 0 Å². The molecule has 0 N–H and O–H groups in total. The standard InChI is InChI=1S/C32H42P2Si4/c1-35(2)29-19-21-31(22-20-29)37(5,6)34(28-17-13-10-14-18-28)38(7,8)32-25-23-30(24-26-32)36(3,4)33(35)27-15-11-9-12-16-27/h9-26H,1-8H3. The van der Waals surface area contributed by atoms with E-state index in [-0.39, 0.29) is 14.0 Å². The summed E-state index contributed by atoms with van der Waals surface area (Å²) < 4.78 is 0. The van der Waals surface area contributed by atoms with E-state index < -0.39 is 31.0 Å². The van der Waals surface area contributed by atoms with Crippen LogP contribution in [0.4, 0.5) is 0 Å². The molecular weight excluding hydrogens is 559 g/mol. The van der Waals surface area contributed by atoms with Gasteiger partial charge in [0.25, 0.3) is 0 Å². The predicted octanol–water partition coefficient (Wildman–Crippen LogP) is 6.66. The summed E-state index contributed by atoms with van der Waals surface area (Å²) in [4.78, 5) is 0. The molecule has 38 heavy (non-hydrogen) atoms. The molecule has 4 aromatic carbocycles.